The van der Waals surface area contributed by atoms with Crippen molar-refractivity contribution in [1.29, 1.82) is 5.26 Å². The number of nitro groups is 1. The van der Waals surface area contributed by atoms with Crippen molar-refractivity contribution in [2.75, 3.05) is 11.4 Å². The molecule has 0 bridgehead atoms. The van der Waals surface area contributed by atoms with E-state index >= 15 is 0 Å². The van der Waals surface area contributed by atoms with Crippen LogP contribution in [0.2, 0.25) is 0 Å². The van der Waals surface area contributed by atoms with E-state index < -0.39 is 4.92 Å². The van der Waals surface area contributed by atoms with Gasteiger partial charge in [0, 0.05) is 24.3 Å². The molecule has 2 aliphatic rings. The summed E-state index contributed by atoms with van der Waals surface area (Å²) < 4.78 is 0. The van der Waals surface area contributed by atoms with Crippen LogP contribution in [0.1, 0.15) is 31.2 Å². The lowest BCUT2D eigenvalue weighted by molar-refractivity contribution is -0.385. The second-order valence-corrected chi connectivity index (χ2v) is 5.70. The van der Waals surface area contributed by atoms with Crippen molar-refractivity contribution in [3.8, 4) is 6.07 Å². The number of rotatable bonds is 4. The molecule has 7 heteroatoms. The summed E-state index contributed by atoms with van der Waals surface area (Å²) in [5, 5.41) is 23.0. The fourth-order valence-electron chi connectivity index (χ4n) is 2.82. The highest BCUT2D eigenvalue weighted by Crippen LogP contribution is 2.30. The molecular formula is C15H16N4O3. The summed E-state index contributed by atoms with van der Waals surface area (Å²) in [5.41, 5.74) is 0.510. The molecule has 1 aromatic rings. The first-order chi connectivity index (χ1) is 10.6. The highest BCUT2D eigenvalue weighted by molar-refractivity contribution is 5.86. The first-order valence-electron chi connectivity index (χ1n) is 7.35. The molecule has 1 unspecified atom stereocenters. The molecule has 7 nitrogen and oxygen atoms in total. The third-order valence-corrected chi connectivity index (χ3v) is 4.11. The minimum Gasteiger partial charge on any atom is -0.359 e. The number of nitro benzene ring substituents is 1. The Hall–Kier alpha value is -2.62. The molecular weight excluding hydrogens is 284 g/mol. The molecule has 1 aliphatic heterocycles. The van der Waals surface area contributed by atoms with Crippen LogP contribution in [0.3, 0.4) is 0 Å². The predicted octanol–water partition coefficient (Wildman–Crippen LogP) is 1.71. The van der Waals surface area contributed by atoms with Gasteiger partial charge in [-0.1, -0.05) is 0 Å². The van der Waals surface area contributed by atoms with Gasteiger partial charge in [0.1, 0.15) is 17.7 Å². The topological polar surface area (TPSA) is 99.3 Å². The van der Waals surface area contributed by atoms with Gasteiger partial charge < -0.3 is 10.2 Å². The number of benzene rings is 1. The number of hydrogen-bond acceptors (Lipinski definition) is 5. The normalized spacial score (nSPS) is 20.5. The average molecular weight is 300 g/mol. The molecule has 3 rings (SSSR count). The molecule has 2 fully saturated rings. The summed E-state index contributed by atoms with van der Waals surface area (Å²) in [7, 11) is 0. The fourth-order valence-corrected chi connectivity index (χ4v) is 2.82. The lowest BCUT2D eigenvalue weighted by atomic mass is 10.1. The Labute approximate surface area is 127 Å². The number of anilines is 1. The van der Waals surface area contributed by atoms with Crippen LogP contribution in [0.5, 0.6) is 0 Å². The lowest BCUT2D eigenvalue weighted by Gasteiger charge is -2.26. The Morgan fingerprint density at radius 2 is 2.18 bits per heavy atom. The van der Waals surface area contributed by atoms with E-state index in [2.05, 4.69) is 5.32 Å². The van der Waals surface area contributed by atoms with Gasteiger partial charge in [0.25, 0.3) is 5.69 Å². The maximum Gasteiger partial charge on any atom is 0.287 e. The molecule has 0 radical (unpaired) electrons. The van der Waals surface area contributed by atoms with E-state index in [0.717, 1.165) is 25.7 Å². The zero-order valence-electron chi connectivity index (χ0n) is 12.0. The molecule has 114 valence electrons. The zero-order valence-corrected chi connectivity index (χ0v) is 12.0. The summed E-state index contributed by atoms with van der Waals surface area (Å²) in [6.45, 7) is 0.714. The quantitative estimate of drug-likeness (QED) is 0.674. The van der Waals surface area contributed by atoms with E-state index in [9.17, 15) is 14.9 Å². The molecule has 1 aliphatic carbocycles. The van der Waals surface area contributed by atoms with Crippen molar-refractivity contribution >= 4 is 17.3 Å². The predicted molar refractivity (Wildman–Crippen MR) is 79.3 cm³/mol. The SMILES string of the molecule is N#Cc1cc(N2CCCC2C(=O)NC2CC2)ccc1[N+](=O)[O-]. The number of nitrogens with one attached hydrogen (secondary N) is 1. The molecule has 1 saturated carbocycles. The molecule has 1 heterocycles. The molecule has 1 saturated heterocycles. The van der Waals surface area contributed by atoms with Crippen LogP contribution in [0.15, 0.2) is 18.2 Å². The van der Waals surface area contributed by atoms with E-state index in [1.165, 1.54) is 12.1 Å². The number of carbonyl (C=O) groups excluding carboxylic acids is 1. The minimum atomic E-state index is -0.566. The molecule has 1 atom stereocenters. The third-order valence-electron chi connectivity index (χ3n) is 4.11. The van der Waals surface area contributed by atoms with Gasteiger partial charge in [-0.05, 0) is 37.8 Å². The summed E-state index contributed by atoms with van der Waals surface area (Å²) in [6.07, 6.45) is 3.72. The third kappa shape index (κ3) is 2.72. The van der Waals surface area contributed by atoms with Gasteiger partial charge in [0.05, 0.1) is 4.92 Å². The van der Waals surface area contributed by atoms with Crippen LogP contribution < -0.4 is 10.2 Å². The fraction of sp³-hybridized carbons (Fsp3) is 0.467. The van der Waals surface area contributed by atoms with Crippen LogP contribution in [0, 0.1) is 21.4 Å². The Balaban J connectivity index is 1.84. The molecule has 1 N–H and O–H groups in total. The molecule has 0 spiro atoms. The monoisotopic (exact) mass is 300 g/mol. The Morgan fingerprint density at radius 3 is 2.82 bits per heavy atom. The van der Waals surface area contributed by atoms with Gasteiger partial charge in [-0.2, -0.15) is 5.26 Å². The van der Waals surface area contributed by atoms with E-state index in [1.807, 2.05) is 11.0 Å². The first-order valence-corrected chi connectivity index (χ1v) is 7.35. The summed E-state index contributed by atoms with van der Waals surface area (Å²) >= 11 is 0. The summed E-state index contributed by atoms with van der Waals surface area (Å²) in [6, 6.07) is 6.36. The summed E-state index contributed by atoms with van der Waals surface area (Å²) in [5.74, 6) is 0.0110. The van der Waals surface area contributed by atoms with Crippen LogP contribution >= 0.6 is 0 Å². The van der Waals surface area contributed by atoms with Crippen molar-refractivity contribution in [2.24, 2.45) is 0 Å². The van der Waals surface area contributed by atoms with Crippen LogP contribution in [0.4, 0.5) is 11.4 Å². The van der Waals surface area contributed by atoms with E-state index in [4.69, 9.17) is 5.26 Å². The molecule has 1 amide bonds. The second kappa shape index (κ2) is 5.64. The van der Waals surface area contributed by atoms with E-state index in [-0.39, 0.29) is 23.2 Å². The van der Waals surface area contributed by atoms with Crippen molar-refractivity contribution in [1.82, 2.24) is 5.32 Å². The second-order valence-electron chi connectivity index (χ2n) is 5.70. The zero-order chi connectivity index (χ0) is 15.7. The minimum absolute atomic E-state index is 0.0110. The Kier molecular flexibility index (Phi) is 3.67. The highest BCUT2D eigenvalue weighted by Gasteiger charge is 2.34. The smallest absolute Gasteiger partial charge is 0.287 e. The maximum atomic E-state index is 12.3. The number of nitrogens with zero attached hydrogens (tertiary/aromatic N) is 3. The maximum absolute atomic E-state index is 12.3. The van der Waals surface area contributed by atoms with Gasteiger partial charge in [0.15, 0.2) is 0 Å². The number of hydrogen-bond donors (Lipinski definition) is 1. The van der Waals surface area contributed by atoms with E-state index in [0.29, 0.717) is 18.3 Å². The molecule has 0 aromatic heterocycles. The lowest BCUT2D eigenvalue weighted by Crippen LogP contribution is -2.44. The highest BCUT2D eigenvalue weighted by atomic mass is 16.6. The Bertz CT molecular complexity index is 663. The van der Waals surface area contributed by atoms with Crippen molar-refractivity contribution in [3.63, 3.8) is 0 Å². The first kappa shape index (κ1) is 14.3. The summed E-state index contributed by atoms with van der Waals surface area (Å²) in [4.78, 5) is 24.5. The van der Waals surface area contributed by atoms with Crippen molar-refractivity contribution in [3.05, 3.63) is 33.9 Å². The largest absolute Gasteiger partial charge is 0.359 e. The standard InChI is InChI=1S/C15H16N4O3/c16-9-10-8-12(5-6-13(10)19(21)22)18-7-1-2-14(18)15(20)17-11-3-4-11/h5-6,8,11,14H,1-4,7H2,(H,17,20). The van der Waals surface area contributed by atoms with Gasteiger partial charge in [-0.3, -0.25) is 14.9 Å². The molecule has 1 aromatic carbocycles. The Morgan fingerprint density at radius 1 is 1.41 bits per heavy atom. The van der Waals surface area contributed by atoms with Crippen LogP contribution in [-0.2, 0) is 4.79 Å². The van der Waals surface area contributed by atoms with Gasteiger partial charge in [0.2, 0.25) is 5.91 Å². The number of amides is 1. The van der Waals surface area contributed by atoms with Gasteiger partial charge in [-0.15, -0.1) is 0 Å². The van der Waals surface area contributed by atoms with Gasteiger partial charge >= 0.3 is 0 Å². The number of nitriles is 1. The van der Waals surface area contributed by atoms with Gasteiger partial charge in [-0.25, -0.2) is 0 Å². The average Bonchev–Trinajstić information content (AvgIpc) is 3.18. The van der Waals surface area contributed by atoms with Crippen LogP contribution in [-0.4, -0.2) is 29.5 Å². The van der Waals surface area contributed by atoms with Crippen molar-refractivity contribution in [2.45, 2.75) is 37.8 Å². The molecule has 22 heavy (non-hydrogen) atoms. The van der Waals surface area contributed by atoms with Crippen LogP contribution in [0.25, 0.3) is 0 Å². The van der Waals surface area contributed by atoms with Crippen molar-refractivity contribution < 1.29 is 9.72 Å². The number of carbonyl (C=O) groups is 1. The van der Waals surface area contributed by atoms with E-state index in [1.54, 1.807) is 6.07 Å².